The van der Waals surface area contributed by atoms with Crippen molar-refractivity contribution in [2.75, 3.05) is 5.32 Å². The van der Waals surface area contributed by atoms with Gasteiger partial charge in [-0.1, -0.05) is 13.8 Å². The van der Waals surface area contributed by atoms with Gasteiger partial charge in [-0.2, -0.15) is 5.10 Å². The van der Waals surface area contributed by atoms with Crippen molar-refractivity contribution >= 4 is 17.1 Å². The summed E-state index contributed by atoms with van der Waals surface area (Å²) in [5, 5.41) is 7.22. The maximum absolute atomic E-state index is 12.4. The second-order valence-corrected chi connectivity index (χ2v) is 6.46. The Hall–Kier alpha value is -1.84. The monoisotopic (exact) mass is 285 g/mol. The van der Waals surface area contributed by atoms with Crippen molar-refractivity contribution in [1.29, 1.82) is 0 Å². The summed E-state index contributed by atoms with van der Waals surface area (Å²) in [6.07, 6.45) is 8.02. The summed E-state index contributed by atoms with van der Waals surface area (Å²) in [4.78, 5) is 12.4. The summed E-state index contributed by atoms with van der Waals surface area (Å²) in [5.74, 6) is 1.86. The molecule has 0 unspecified atom stereocenters. The Balaban J connectivity index is 1.61. The Bertz CT molecular complexity index is 624. The van der Waals surface area contributed by atoms with Gasteiger partial charge in [-0.15, -0.1) is 0 Å². The Labute approximate surface area is 125 Å². The SMILES string of the molecule is CC(C)C1CCC(C(=O)Nc2ccn3nccc3c2)CC1. The molecule has 21 heavy (non-hydrogen) atoms. The lowest BCUT2D eigenvalue weighted by atomic mass is 9.76. The van der Waals surface area contributed by atoms with E-state index in [1.165, 1.54) is 12.8 Å². The molecule has 1 saturated carbocycles. The molecule has 0 aromatic carbocycles. The molecule has 112 valence electrons. The van der Waals surface area contributed by atoms with Crippen molar-refractivity contribution in [3.63, 3.8) is 0 Å². The lowest BCUT2D eigenvalue weighted by molar-refractivity contribution is -0.121. The van der Waals surface area contributed by atoms with E-state index >= 15 is 0 Å². The molecule has 3 rings (SSSR count). The molecule has 2 heterocycles. The minimum Gasteiger partial charge on any atom is -0.326 e. The molecule has 0 atom stereocenters. The van der Waals surface area contributed by atoms with E-state index in [1.54, 1.807) is 10.7 Å². The van der Waals surface area contributed by atoms with Gasteiger partial charge in [0.2, 0.25) is 5.91 Å². The summed E-state index contributed by atoms with van der Waals surface area (Å²) in [6, 6.07) is 5.80. The normalized spacial score (nSPS) is 22.6. The number of fused-ring (bicyclic) bond motifs is 1. The molecule has 0 saturated heterocycles. The first kappa shape index (κ1) is 14.1. The van der Waals surface area contributed by atoms with E-state index in [0.29, 0.717) is 0 Å². The highest BCUT2D eigenvalue weighted by Crippen LogP contribution is 2.33. The first-order chi connectivity index (χ1) is 10.1. The molecule has 1 N–H and O–H groups in total. The van der Waals surface area contributed by atoms with Gasteiger partial charge in [0, 0.05) is 24.0 Å². The third-order valence-corrected chi connectivity index (χ3v) is 4.75. The van der Waals surface area contributed by atoms with Gasteiger partial charge in [0.15, 0.2) is 0 Å². The molecule has 0 bridgehead atoms. The van der Waals surface area contributed by atoms with Crippen LogP contribution in [0.2, 0.25) is 0 Å². The molecule has 1 fully saturated rings. The molecule has 2 aromatic heterocycles. The molecule has 4 heteroatoms. The van der Waals surface area contributed by atoms with Crippen LogP contribution in [0.25, 0.3) is 5.52 Å². The zero-order valence-electron chi connectivity index (χ0n) is 12.7. The molecular weight excluding hydrogens is 262 g/mol. The topological polar surface area (TPSA) is 46.4 Å². The van der Waals surface area contributed by atoms with E-state index in [9.17, 15) is 4.79 Å². The summed E-state index contributed by atoms with van der Waals surface area (Å²) in [5.41, 5.74) is 1.86. The number of hydrogen-bond acceptors (Lipinski definition) is 2. The predicted octanol–water partition coefficient (Wildman–Crippen LogP) is 3.74. The van der Waals surface area contributed by atoms with Crippen molar-refractivity contribution in [3.05, 3.63) is 30.6 Å². The molecule has 2 aromatic rings. The van der Waals surface area contributed by atoms with Crippen molar-refractivity contribution in [2.45, 2.75) is 39.5 Å². The number of pyridine rings is 1. The van der Waals surface area contributed by atoms with Gasteiger partial charge in [0.05, 0.1) is 5.52 Å². The number of carbonyl (C=O) groups is 1. The second-order valence-electron chi connectivity index (χ2n) is 6.46. The molecule has 1 amide bonds. The fourth-order valence-corrected chi connectivity index (χ4v) is 3.29. The molecule has 4 nitrogen and oxygen atoms in total. The molecule has 0 radical (unpaired) electrons. The van der Waals surface area contributed by atoms with Crippen LogP contribution < -0.4 is 5.32 Å². The van der Waals surface area contributed by atoms with Crippen LogP contribution in [-0.4, -0.2) is 15.5 Å². The Morgan fingerprint density at radius 1 is 1.29 bits per heavy atom. The van der Waals surface area contributed by atoms with Gasteiger partial charge in [-0.3, -0.25) is 4.79 Å². The van der Waals surface area contributed by atoms with Gasteiger partial charge in [-0.05, 0) is 55.7 Å². The van der Waals surface area contributed by atoms with Crippen LogP contribution >= 0.6 is 0 Å². The van der Waals surface area contributed by atoms with Crippen LogP contribution in [-0.2, 0) is 4.79 Å². The van der Waals surface area contributed by atoms with Gasteiger partial charge in [-0.25, -0.2) is 4.52 Å². The Morgan fingerprint density at radius 3 is 2.76 bits per heavy atom. The van der Waals surface area contributed by atoms with Crippen LogP contribution in [0.1, 0.15) is 39.5 Å². The highest BCUT2D eigenvalue weighted by atomic mass is 16.1. The standard InChI is InChI=1S/C17H23N3O/c1-12(2)13-3-5-14(6-4-13)17(21)19-15-8-10-20-16(11-15)7-9-18-20/h7-14H,3-6H2,1-2H3,(H,19,21). The second kappa shape index (κ2) is 5.88. The lowest BCUT2D eigenvalue weighted by Crippen LogP contribution is -2.28. The fraction of sp³-hybridized carbons (Fsp3) is 0.529. The van der Waals surface area contributed by atoms with E-state index in [0.717, 1.165) is 35.9 Å². The molecule has 0 spiro atoms. The van der Waals surface area contributed by atoms with Gasteiger partial charge in [0.25, 0.3) is 0 Å². The summed E-state index contributed by atoms with van der Waals surface area (Å²) in [7, 11) is 0. The maximum Gasteiger partial charge on any atom is 0.227 e. The quantitative estimate of drug-likeness (QED) is 0.934. The van der Waals surface area contributed by atoms with Crippen LogP contribution in [0.3, 0.4) is 0 Å². The highest BCUT2D eigenvalue weighted by molar-refractivity contribution is 5.93. The largest absolute Gasteiger partial charge is 0.326 e. The minimum atomic E-state index is 0.168. The van der Waals surface area contributed by atoms with E-state index in [4.69, 9.17) is 0 Å². The number of rotatable bonds is 3. The van der Waals surface area contributed by atoms with E-state index in [2.05, 4.69) is 24.3 Å². The Kier molecular flexibility index (Phi) is 3.95. The number of hydrogen-bond donors (Lipinski definition) is 1. The summed E-state index contributed by atoms with van der Waals surface area (Å²) >= 11 is 0. The maximum atomic E-state index is 12.4. The van der Waals surface area contributed by atoms with E-state index in [-0.39, 0.29) is 11.8 Å². The van der Waals surface area contributed by atoms with E-state index in [1.807, 2.05) is 24.4 Å². The summed E-state index contributed by atoms with van der Waals surface area (Å²) in [6.45, 7) is 4.57. The smallest absolute Gasteiger partial charge is 0.227 e. The van der Waals surface area contributed by atoms with Crippen molar-refractivity contribution in [3.8, 4) is 0 Å². The fourth-order valence-electron chi connectivity index (χ4n) is 3.29. The number of carbonyl (C=O) groups excluding carboxylic acids is 1. The van der Waals surface area contributed by atoms with Crippen molar-refractivity contribution in [1.82, 2.24) is 9.61 Å². The minimum absolute atomic E-state index is 0.168. The predicted molar refractivity (Wildman–Crippen MR) is 84.1 cm³/mol. The van der Waals surface area contributed by atoms with Crippen molar-refractivity contribution in [2.24, 2.45) is 17.8 Å². The molecular formula is C17H23N3O. The van der Waals surface area contributed by atoms with Crippen LogP contribution in [0.15, 0.2) is 30.6 Å². The number of aromatic nitrogens is 2. The van der Waals surface area contributed by atoms with Gasteiger partial charge < -0.3 is 5.32 Å². The Morgan fingerprint density at radius 2 is 2.05 bits per heavy atom. The third kappa shape index (κ3) is 3.09. The van der Waals surface area contributed by atoms with Gasteiger partial charge >= 0.3 is 0 Å². The highest BCUT2D eigenvalue weighted by Gasteiger charge is 2.27. The van der Waals surface area contributed by atoms with E-state index < -0.39 is 0 Å². The number of nitrogens with one attached hydrogen (secondary N) is 1. The van der Waals surface area contributed by atoms with Gasteiger partial charge in [0.1, 0.15) is 0 Å². The molecule has 1 aliphatic rings. The number of nitrogens with zero attached hydrogens (tertiary/aromatic N) is 2. The lowest BCUT2D eigenvalue weighted by Gasteiger charge is -2.30. The van der Waals surface area contributed by atoms with Crippen LogP contribution in [0.4, 0.5) is 5.69 Å². The molecule has 0 aliphatic heterocycles. The third-order valence-electron chi connectivity index (χ3n) is 4.75. The van der Waals surface area contributed by atoms with Crippen molar-refractivity contribution < 1.29 is 4.79 Å². The number of anilines is 1. The average molecular weight is 285 g/mol. The zero-order chi connectivity index (χ0) is 14.8. The summed E-state index contributed by atoms with van der Waals surface area (Å²) < 4.78 is 1.80. The zero-order valence-corrected chi connectivity index (χ0v) is 12.7. The van der Waals surface area contributed by atoms with Crippen LogP contribution in [0.5, 0.6) is 0 Å². The first-order valence-electron chi connectivity index (χ1n) is 7.88. The molecule has 1 aliphatic carbocycles. The number of amides is 1. The average Bonchev–Trinajstić information content (AvgIpc) is 2.95. The first-order valence-corrected chi connectivity index (χ1v) is 7.88. The van der Waals surface area contributed by atoms with Crippen LogP contribution in [0, 0.1) is 17.8 Å².